The average molecular weight is 417 g/mol. The van der Waals surface area contributed by atoms with Crippen molar-refractivity contribution in [2.45, 2.75) is 18.4 Å². The number of sulfonamides is 1. The zero-order valence-corrected chi connectivity index (χ0v) is 16.8. The Bertz CT molecular complexity index is 1130. The van der Waals surface area contributed by atoms with Crippen molar-refractivity contribution in [3.05, 3.63) is 65.5 Å². The van der Waals surface area contributed by atoms with Crippen molar-refractivity contribution in [1.29, 1.82) is 0 Å². The number of rotatable bonds is 7. The van der Waals surface area contributed by atoms with Gasteiger partial charge in [0, 0.05) is 12.6 Å². The first-order valence-corrected chi connectivity index (χ1v) is 9.95. The number of carbonyl (C=O) groups excluding carboxylic acids is 1. The Morgan fingerprint density at radius 2 is 1.93 bits per heavy atom. The fourth-order valence-corrected chi connectivity index (χ4v) is 3.51. The molecule has 0 saturated heterocycles. The van der Waals surface area contributed by atoms with Crippen molar-refractivity contribution in [3.8, 4) is 11.4 Å². The summed E-state index contributed by atoms with van der Waals surface area (Å²) < 4.78 is 35.6. The highest BCUT2D eigenvalue weighted by molar-refractivity contribution is 7.89. The summed E-state index contributed by atoms with van der Waals surface area (Å²) in [5.74, 6) is -0.206. The fourth-order valence-electron chi connectivity index (χ4n) is 2.49. The molecule has 0 amide bonds. The zero-order valence-electron chi connectivity index (χ0n) is 16.0. The molecular weight excluding hydrogens is 398 g/mol. The number of carbonyl (C=O) groups is 1. The highest BCUT2D eigenvalue weighted by Gasteiger charge is 2.22. The maximum absolute atomic E-state index is 12.3. The van der Waals surface area contributed by atoms with Crippen LogP contribution in [-0.4, -0.2) is 43.2 Å². The second-order valence-corrected chi connectivity index (χ2v) is 7.96. The van der Waals surface area contributed by atoms with Gasteiger partial charge >= 0.3 is 5.97 Å². The second-order valence-electron chi connectivity index (χ2n) is 6.03. The van der Waals surface area contributed by atoms with Gasteiger partial charge in [0.1, 0.15) is 0 Å². The zero-order chi connectivity index (χ0) is 21.0. The van der Waals surface area contributed by atoms with Gasteiger partial charge in [0.15, 0.2) is 6.61 Å². The Kier molecular flexibility index (Phi) is 6.06. The van der Waals surface area contributed by atoms with E-state index < -0.39 is 16.0 Å². The minimum atomic E-state index is -3.88. The van der Waals surface area contributed by atoms with Gasteiger partial charge in [-0.25, -0.2) is 13.2 Å². The van der Waals surface area contributed by atoms with Crippen LogP contribution >= 0.6 is 0 Å². The van der Waals surface area contributed by atoms with E-state index in [1.807, 2.05) is 31.2 Å². The largest absolute Gasteiger partial charge is 0.452 e. The highest BCUT2D eigenvalue weighted by Crippen LogP contribution is 2.20. The van der Waals surface area contributed by atoms with Crippen LogP contribution in [0, 0.1) is 6.92 Å². The summed E-state index contributed by atoms with van der Waals surface area (Å²) in [5.41, 5.74) is 1.86. The van der Waals surface area contributed by atoms with Crippen LogP contribution in [0.25, 0.3) is 11.4 Å². The lowest BCUT2D eigenvalue weighted by molar-refractivity contribution is -0.0258. The van der Waals surface area contributed by atoms with E-state index in [-0.39, 0.29) is 23.0 Å². The van der Waals surface area contributed by atoms with Gasteiger partial charge in [-0.05, 0) is 30.7 Å². The molecule has 0 atom stereocenters. The summed E-state index contributed by atoms with van der Waals surface area (Å²) in [4.78, 5) is 21.2. The topological polar surface area (TPSA) is 112 Å². The van der Waals surface area contributed by atoms with Gasteiger partial charge in [-0.15, -0.1) is 0 Å². The number of aromatic nitrogens is 2. The molecule has 9 nitrogen and oxygen atoms in total. The van der Waals surface area contributed by atoms with E-state index in [2.05, 4.69) is 10.1 Å². The molecule has 0 aliphatic heterocycles. The normalized spacial score (nSPS) is 11.6. The number of hydroxylamine groups is 1. The summed E-state index contributed by atoms with van der Waals surface area (Å²) in [7, 11) is -1.40. The van der Waals surface area contributed by atoms with E-state index in [0.29, 0.717) is 10.3 Å². The Hall–Kier alpha value is -3.08. The first kappa shape index (κ1) is 20.6. The maximum atomic E-state index is 12.3. The molecule has 0 bridgehead atoms. The minimum absolute atomic E-state index is 0.0641. The van der Waals surface area contributed by atoms with Gasteiger partial charge in [-0.1, -0.05) is 40.0 Å². The summed E-state index contributed by atoms with van der Waals surface area (Å²) in [5, 5.41) is 3.90. The number of benzene rings is 2. The molecule has 152 valence electrons. The van der Waals surface area contributed by atoms with Gasteiger partial charge in [0.2, 0.25) is 5.82 Å². The predicted octanol–water partition coefficient (Wildman–Crippen LogP) is 2.58. The van der Waals surface area contributed by atoms with Crippen molar-refractivity contribution in [1.82, 2.24) is 14.6 Å². The van der Waals surface area contributed by atoms with Crippen LogP contribution in [0.15, 0.2) is 57.9 Å². The van der Waals surface area contributed by atoms with Crippen molar-refractivity contribution < 1.29 is 27.3 Å². The summed E-state index contributed by atoms with van der Waals surface area (Å²) in [6.07, 6.45) is 0. The molecule has 0 aliphatic rings. The molecule has 0 fully saturated rings. The lowest BCUT2D eigenvalue weighted by Gasteiger charge is -2.14. The molecule has 29 heavy (non-hydrogen) atoms. The van der Waals surface area contributed by atoms with E-state index in [1.165, 1.54) is 38.4 Å². The van der Waals surface area contributed by atoms with E-state index in [1.54, 1.807) is 0 Å². The quantitative estimate of drug-likeness (QED) is 0.426. The predicted molar refractivity (Wildman–Crippen MR) is 102 cm³/mol. The Morgan fingerprint density at radius 3 is 2.66 bits per heavy atom. The molecule has 1 aromatic heterocycles. The third-order valence-corrected chi connectivity index (χ3v) is 5.82. The van der Waals surface area contributed by atoms with Gasteiger partial charge in [-0.2, -0.15) is 4.98 Å². The van der Waals surface area contributed by atoms with Gasteiger partial charge in [0.05, 0.1) is 17.6 Å². The molecule has 1 heterocycles. The van der Waals surface area contributed by atoms with Gasteiger partial charge < -0.3 is 9.26 Å². The van der Waals surface area contributed by atoms with Crippen molar-refractivity contribution in [2.75, 3.05) is 14.2 Å². The number of esters is 1. The molecule has 0 radical (unpaired) electrons. The van der Waals surface area contributed by atoms with Crippen LogP contribution in [0.1, 0.15) is 21.8 Å². The van der Waals surface area contributed by atoms with E-state index in [9.17, 15) is 13.2 Å². The van der Waals surface area contributed by atoms with Crippen LogP contribution in [0.3, 0.4) is 0 Å². The lowest BCUT2D eigenvalue weighted by Crippen LogP contribution is -2.25. The van der Waals surface area contributed by atoms with Crippen LogP contribution < -0.4 is 0 Å². The highest BCUT2D eigenvalue weighted by atomic mass is 32.2. The van der Waals surface area contributed by atoms with Crippen LogP contribution in [0.2, 0.25) is 0 Å². The number of hydrogen-bond acceptors (Lipinski definition) is 8. The molecular formula is C19H19N3O6S. The average Bonchev–Trinajstić information content (AvgIpc) is 3.20. The lowest BCUT2D eigenvalue weighted by atomic mass is 10.1. The molecule has 3 rings (SSSR count). The Morgan fingerprint density at radius 1 is 1.17 bits per heavy atom. The van der Waals surface area contributed by atoms with Crippen LogP contribution in [0.5, 0.6) is 0 Å². The molecule has 0 unspecified atom stereocenters. The second kappa shape index (κ2) is 8.52. The Balaban J connectivity index is 1.71. The third-order valence-electron chi connectivity index (χ3n) is 4.14. The standard InChI is InChI=1S/C19H19N3O6S/c1-13-7-4-5-10-16(13)18-20-17(28-21-18)12-27-19(23)14-8-6-9-15(11-14)29(24,25)22(2)26-3/h4-11H,12H2,1-3H3. The molecule has 0 aliphatic carbocycles. The maximum Gasteiger partial charge on any atom is 0.338 e. The van der Waals surface area contributed by atoms with Crippen molar-refractivity contribution >= 4 is 16.0 Å². The van der Waals surface area contributed by atoms with E-state index in [0.717, 1.165) is 11.1 Å². The Labute approximate surface area is 167 Å². The summed E-state index contributed by atoms with van der Waals surface area (Å²) in [6.45, 7) is 1.68. The van der Waals surface area contributed by atoms with Gasteiger partial charge in [0.25, 0.3) is 15.9 Å². The van der Waals surface area contributed by atoms with E-state index >= 15 is 0 Å². The molecule has 0 saturated carbocycles. The monoisotopic (exact) mass is 417 g/mol. The van der Waals surface area contributed by atoms with E-state index in [4.69, 9.17) is 14.1 Å². The number of ether oxygens (including phenoxy) is 1. The number of nitrogens with zero attached hydrogens (tertiary/aromatic N) is 3. The smallest absolute Gasteiger partial charge is 0.338 e. The summed E-state index contributed by atoms with van der Waals surface area (Å²) >= 11 is 0. The fraction of sp³-hybridized carbons (Fsp3) is 0.211. The van der Waals surface area contributed by atoms with Crippen molar-refractivity contribution in [2.24, 2.45) is 0 Å². The first-order chi connectivity index (χ1) is 13.8. The van der Waals surface area contributed by atoms with Gasteiger partial charge in [-0.3, -0.25) is 4.84 Å². The minimum Gasteiger partial charge on any atom is -0.452 e. The molecule has 0 N–H and O–H groups in total. The number of hydrogen-bond donors (Lipinski definition) is 0. The molecule has 10 heteroatoms. The van der Waals surface area contributed by atoms with Crippen LogP contribution in [-0.2, 0) is 26.2 Å². The summed E-state index contributed by atoms with van der Waals surface area (Å²) in [6, 6.07) is 13.0. The molecule has 2 aromatic carbocycles. The SMILES string of the molecule is CON(C)S(=O)(=O)c1cccc(C(=O)OCc2nc(-c3ccccc3C)no2)c1. The van der Waals surface area contributed by atoms with Crippen LogP contribution in [0.4, 0.5) is 0 Å². The third kappa shape index (κ3) is 4.50. The first-order valence-electron chi connectivity index (χ1n) is 8.51. The number of aryl methyl sites for hydroxylation is 1. The molecule has 0 spiro atoms. The molecule has 3 aromatic rings. The van der Waals surface area contributed by atoms with Crippen molar-refractivity contribution in [3.63, 3.8) is 0 Å².